The molecule has 4 N–H and O–H groups in total. The Bertz CT molecular complexity index is 785. The molecule has 0 fully saturated rings. The third kappa shape index (κ3) is 3.26. The molecule has 0 radical (unpaired) electrons. The summed E-state index contributed by atoms with van der Waals surface area (Å²) in [6.45, 7) is -0.219. The third-order valence-electron chi connectivity index (χ3n) is 3.79. The number of primary amides is 1. The number of amides is 2. The number of nitrogens with zero attached hydrogens (tertiary/aromatic N) is 1. The zero-order chi connectivity index (χ0) is 17.3. The molecule has 7 heteroatoms. The van der Waals surface area contributed by atoms with Gasteiger partial charge in [0.15, 0.2) is 0 Å². The molecule has 2 aromatic carbocycles. The van der Waals surface area contributed by atoms with Gasteiger partial charge in [0.25, 0.3) is 0 Å². The van der Waals surface area contributed by atoms with Gasteiger partial charge in [-0.1, -0.05) is 41.9 Å². The first-order chi connectivity index (χ1) is 11.5. The Morgan fingerprint density at radius 2 is 1.92 bits per heavy atom. The highest BCUT2D eigenvalue weighted by Gasteiger charge is 2.36. The van der Waals surface area contributed by atoms with E-state index in [1.807, 2.05) is 30.3 Å². The topological polar surface area (TPSA) is 89.4 Å². The number of hydrogen-bond donors (Lipinski definition) is 2. The smallest absolute Gasteiger partial charge is 0.245 e. The Kier molecular flexibility index (Phi) is 4.80. The molecular weight excluding hydrogens is 346 g/mol. The summed E-state index contributed by atoms with van der Waals surface area (Å²) in [5.41, 5.74) is 13.1. The van der Waals surface area contributed by atoms with Gasteiger partial charge in [-0.05, 0) is 23.8 Å². The number of thioether (sulfide) groups is 1. The molecule has 2 amide bonds. The second kappa shape index (κ2) is 6.84. The summed E-state index contributed by atoms with van der Waals surface area (Å²) in [6.07, 6.45) is 0. The lowest BCUT2D eigenvalue weighted by molar-refractivity contribution is -0.123. The average molecular weight is 362 g/mol. The summed E-state index contributed by atoms with van der Waals surface area (Å²) < 4.78 is 0. The van der Waals surface area contributed by atoms with Crippen molar-refractivity contribution >= 4 is 40.9 Å². The van der Waals surface area contributed by atoms with Crippen molar-refractivity contribution in [2.45, 2.75) is 16.2 Å². The molecule has 2 atom stereocenters. The molecule has 0 aliphatic carbocycles. The molecule has 24 heavy (non-hydrogen) atoms. The molecule has 2 unspecified atom stereocenters. The highest BCUT2D eigenvalue weighted by atomic mass is 35.5. The van der Waals surface area contributed by atoms with Gasteiger partial charge in [0, 0.05) is 9.92 Å². The lowest BCUT2D eigenvalue weighted by Gasteiger charge is -2.24. The van der Waals surface area contributed by atoms with Crippen LogP contribution in [0.2, 0.25) is 5.02 Å². The van der Waals surface area contributed by atoms with Crippen molar-refractivity contribution in [2.75, 3.05) is 11.4 Å². The van der Waals surface area contributed by atoms with E-state index in [1.165, 1.54) is 16.7 Å². The van der Waals surface area contributed by atoms with E-state index < -0.39 is 11.9 Å². The first-order valence-electron chi connectivity index (χ1n) is 7.34. The first kappa shape index (κ1) is 16.8. The normalized spacial score (nSPS) is 20.4. The number of hydrogen-bond acceptors (Lipinski definition) is 4. The molecule has 1 heterocycles. The van der Waals surface area contributed by atoms with Gasteiger partial charge in [-0.3, -0.25) is 9.59 Å². The molecule has 3 rings (SSSR count). The van der Waals surface area contributed by atoms with Crippen LogP contribution in [-0.4, -0.2) is 24.4 Å². The zero-order valence-corrected chi connectivity index (χ0v) is 14.3. The molecule has 1 aliphatic heterocycles. The van der Waals surface area contributed by atoms with Crippen LogP contribution in [0, 0.1) is 0 Å². The molecule has 1 aliphatic rings. The summed E-state index contributed by atoms with van der Waals surface area (Å²) in [6, 6.07) is 13.9. The SMILES string of the molecule is NC(=O)CN1C(=O)C(N)C(c2ccccc2)Sc2cc(Cl)ccc21. The maximum absolute atomic E-state index is 12.9. The molecule has 0 saturated heterocycles. The Balaban J connectivity index is 2.10. The van der Waals surface area contributed by atoms with Crippen LogP contribution in [0.1, 0.15) is 10.8 Å². The quantitative estimate of drug-likeness (QED) is 0.878. The minimum Gasteiger partial charge on any atom is -0.368 e. The fourth-order valence-electron chi connectivity index (χ4n) is 2.68. The summed E-state index contributed by atoms with van der Waals surface area (Å²) in [5, 5.41) is 0.267. The van der Waals surface area contributed by atoms with Crippen molar-refractivity contribution < 1.29 is 9.59 Å². The van der Waals surface area contributed by atoms with Crippen LogP contribution in [-0.2, 0) is 9.59 Å². The number of anilines is 1. The van der Waals surface area contributed by atoms with Gasteiger partial charge in [-0.2, -0.15) is 0 Å². The van der Waals surface area contributed by atoms with Crippen molar-refractivity contribution in [1.82, 2.24) is 0 Å². The summed E-state index contributed by atoms with van der Waals surface area (Å²) >= 11 is 7.57. The van der Waals surface area contributed by atoms with Gasteiger partial charge < -0.3 is 16.4 Å². The minimum absolute atomic E-state index is 0.219. The number of halogens is 1. The number of fused-ring (bicyclic) bond motifs is 1. The van der Waals surface area contributed by atoms with Gasteiger partial charge in [-0.25, -0.2) is 0 Å². The minimum atomic E-state index is -0.803. The van der Waals surface area contributed by atoms with E-state index >= 15 is 0 Å². The fourth-order valence-corrected chi connectivity index (χ4v) is 4.24. The van der Waals surface area contributed by atoms with Gasteiger partial charge in [-0.15, -0.1) is 11.8 Å². The van der Waals surface area contributed by atoms with Crippen LogP contribution >= 0.6 is 23.4 Å². The summed E-state index contributed by atoms with van der Waals surface area (Å²) in [5.74, 6) is -0.934. The van der Waals surface area contributed by atoms with Gasteiger partial charge in [0.2, 0.25) is 11.8 Å². The van der Waals surface area contributed by atoms with Gasteiger partial charge in [0.05, 0.1) is 10.9 Å². The second-order valence-electron chi connectivity index (χ2n) is 5.48. The standard InChI is InChI=1S/C17H16ClN3O2S/c18-11-6-7-12-13(8-11)24-16(10-4-2-1-3-5-10)15(20)17(23)21(12)9-14(19)22/h1-8,15-16H,9,20H2,(H2,19,22). The third-order valence-corrected chi connectivity index (χ3v) is 5.42. The van der Waals surface area contributed by atoms with Crippen molar-refractivity contribution in [3.05, 3.63) is 59.1 Å². The maximum Gasteiger partial charge on any atom is 0.245 e. The molecule has 0 aromatic heterocycles. The Morgan fingerprint density at radius 3 is 2.58 bits per heavy atom. The monoisotopic (exact) mass is 361 g/mol. The molecule has 0 saturated carbocycles. The van der Waals surface area contributed by atoms with Crippen LogP contribution in [0.4, 0.5) is 5.69 Å². The molecule has 0 spiro atoms. The van der Waals surface area contributed by atoms with E-state index in [0.29, 0.717) is 10.7 Å². The summed E-state index contributed by atoms with van der Waals surface area (Å²) in [7, 11) is 0. The second-order valence-corrected chi connectivity index (χ2v) is 7.10. The maximum atomic E-state index is 12.9. The first-order valence-corrected chi connectivity index (χ1v) is 8.59. The van der Waals surface area contributed by atoms with E-state index in [1.54, 1.807) is 18.2 Å². The largest absolute Gasteiger partial charge is 0.368 e. The molecular formula is C17H16ClN3O2S. The van der Waals surface area contributed by atoms with E-state index in [4.69, 9.17) is 23.1 Å². The van der Waals surface area contributed by atoms with Crippen LogP contribution in [0.5, 0.6) is 0 Å². The lowest BCUT2D eigenvalue weighted by Crippen LogP contribution is -2.48. The zero-order valence-electron chi connectivity index (χ0n) is 12.7. The number of rotatable bonds is 3. The number of nitrogens with two attached hydrogens (primary N) is 2. The number of benzene rings is 2. The average Bonchev–Trinajstić information content (AvgIpc) is 2.66. The van der Waals surface area contributed by atoms with Gasteiger partial charge in [0.1, 0.15) is 12.6 Å². The molecule has 2 aromatic rings. The highest BCUT2D eigenvalue weighted by molar-refractivity contribution is 7.99. The van der Waals surface area contributed by atoms with E-state index in [0.717, 1.165) is 10.5 Å². The van der Waals surface area contributed by atoms with Crippen molar-refractivity contribution in [3.63, 3.8) is 0 Å². The van der Waals surface area contributed by atoms with Crippen molar-refractivity contribution in [3.8, 4) is 0 Å². The lowest BCUT2D eigenvalue weighted by atomic mass is 10.0. The predicted octanol–water partition coefficient (Wildman–Crippen LogP) is 2.33. The van der Waals surface area contributed by atoms with E-state index in [-0.39, 0.29) is 17.7 Å². The number of carbonyl (C=O) groups is 2. The van der Waals surface area contributed by atoms with Crippen LogP contribution < -0.4 is 16.4 Å². The van der Waals surface area contributed by atoms with Crippen molar-refractivity contribution in [2.24, 2.45) is 11.5 Å². The van der Waals surface area contributed by atoms with Crippen molar-refractivity contribution in [1.29, 1.82) is 0 Å². The van der Waals surface area contributed by atoms with Crippen LogP contribution in [0.25, 0.3) is 0 Å². The van der Waals surface area contributed by atoms with E-state index in [2.05, 4.69) is 0 Å². The Labute approximate surface area is 148 Å². The molecule has 124 valence electrons. The Hall–Kier alpha value is -2.02. The molecule has 5 nitrogen and oxygen atoms in total. The Morgan fingerprint density at radius 1 is 1.21 bits per heavy atom. The highest BCUT2D eigenvalue weighted by Crippen LogP contribution is 2.45. The van der Waals surface area contributed by atoms with Crippen LogP contribution in [0.3, 0.4) is 0 Å². The van der Waals surface area contributed by atoms with E-state index in [9.17, 15) is 9.59 Å². The predicted molar refractivity (Wildman–Crippen MR) is 96.0 cm³/mol. The number of carbonyl (C=O) groups excluding carboxylic acids is 2. The summed E-state index contributed by atoms with van der Waals surface area (Å²) in [4.78, 5) is 26.4. The fraction of sp³-hybridized carbons (Fsp3) is 0.176. The molecule has 0 bridgehead atoms. The van der Waals surface area contributed by atoms with Gasteiger partial charge >= 0.3 is 0 Å². The van der Waals surface area contributed by atoms with Crippen LogP contribution in [0.15, 0.2) is 53.4 Å².